The molecule has 2 aromatic carbocycles. The van der Waals surface area contributed by atoms with Crippen molar-refractivity contribution in [1.82, 2.24) is 4.90 Å². The first-order valence-electron chi connectivity index (χ1n) is 6.85. The number of rotatable bonds is 2. The third-order valence-electron chi connectivity index (χ3n) is 3.90. The van der Waals surface area contributed by atoms with Crippen LogP contribution in [0.5, 0.6) is 0 Å². The second-order valence-electron chi connectivity index (χ2n) is 5.15. The molecule has 1 aliphatic heterocycles. The van der Waals surface area contributed by atoms with E-state index >= 15 is 0 Å². The Kier molecular flexibility index (Phi) is 3.58. The van der Waals surface area contributed by atoms with Crippen molar-refractivity contribution in [3.63, 3.8) is 0 Å². The van der Waals surface area contributed by atoms with Crippen molar-refractivity contribution in [2.75, 3.05) is 7.05 Å². The fraction of sp³-hybridized carbons (Fsp3) is 0.235. The van der Waals surface area contributed by atoms with E-state index in [1.54, 1.807) is 0 Å². The number of benzene rings is 2. The van der Waals surface area contributed by atoms with E-state index in [2.05, 4.69) is 55.5 Å². The second kappa shape index (κ2) is 5.38. The van der Waals surface area contributed by atoms with Crippen LogP contribution < -0.4 is 5.30 Å². The molecule has 20 heavy (non-hydrogen) atoms. The van der Waals surface area contributed by atoms with Crippen molar-refractivity contribution in [1.29, 1.82) is 0 Å². The van der Waals surface area contributed by atoms with Crippen molar-refractivity contribution >= 4 is 19.1 Å². The molecule has 0 aromatic heterocycles. The molecule has 0 saturated carbocycles. The summed E-state index contributed by atoms with van der Waals surface area (Å²) in [6.07, 6.45) is 0. The van der Waals surface area contributed by atoms with Crippen LogP contribution in [0.3, 0.4) is 0 Å². The summed E-state index contributed by atoms with van der Waals surface area (Å²) in [7, 11) is 1.39. The van der Waals surface area contributed by atoms with Crippen LogP contribution in [0.4, 0.5) is 0 Å². The molecule has 0 unspecified atom stereocenters. The average molecular weight is 283 g/mol. The van der Waals surface area contributed by atoms with Crippen LogP contribution in [0.1, 0.15) is 18.3 Å². The molecule has 0 N–H and O–H groups in total. The molecule has 1 aliphatic rings. The molecule has 0 aliphatic carbocycles. The van der Waals surface area contributed by atoms with Gasteiger partial charge in [-0.3, -0.25) is 4.79 Å². The molecule has 1 saturated heterocycles. The van der Waals surface area contributed by atoms with E-state index in [-0.39, 0.29) is 17.3 Å². The van der Waals surface area contributed by atoms with Gasteiger partial charge in [-0.15, -0.1) is 0 Å². The highest BCUT2D eigenvalue weighted by molar-refractivity contribution is 7.68. The first-order valence-corrected chi connectivity index (χ1v) is 8.33. The zero-order chi connectivity index (χ0) is 14.1. The molecule has 3 heteroatoms. The zero-order valence-electron chi connectivity index (χ0n) is 11.7. The van der Waals surface area contributed by atoms with Crippen LogP contribution in [0, 0.1) is 0 Å². The maximum atomic E-state index is 12.4. The molecule has 0 radical (unpaired) electrons. The summed E-state index contributed by atoms with van der Waals surface area (Å²) in [4.78, 5) is 14.3. The lowest BCUT2D eigenvalue weighted by atomic mass is 10.2. The van der Waals surface area contributed by atoms with Gasteiger partial charge >= 0.3 is 0 Å². The normalized spacial score (nSPS) is 26.0. The maximum absolute atomic E-state index is 12.4. The number of hydrogen-bond acceptors (Lipinski definition) is 1. The standard InChI is InChI=1S/C17H18NOP/c1-13-16(19)18(2)17(14-9-5-3-6-10-14)20(13)15-11-7-4-8-12-15/h3-13,17H,1-2H3/t13-,17-,20+/m0/s1. The number of nitrogens with zero attached hydrogens (tertiary/aromatic N) is 1. The summed E-state index contributed by atoms with van der Waals surface area (Å²) in [6, 6.07) is 20.9. The average Bonchev–Trinajstić information content (AvgIpc) is 2.73. The van der Waals surface area contributed by atoms with Crippen molar-refractivity contribution in [2.45, 2.75) is 18.4 Å². The minimum Gasteiger partial charge on any atom is -0.334 e. The molecule has 2 nitrogen and oxygen atoms in total. The minimum absolute atomic E-state index is 0.0857. The van der Waals surface area contributed by atoms with E-state index in [1.807, 2.05) is 24.1 Å². The lowest BCUT2D eigenvalue weighted by Crippen LogP contribution is -2.25. The predicted molar refractivity (Wildman–Crippen MR) is 84.4 cm³/mol. The van der Waals surface area contributed by atoms with E-state index in [0.717, 1.165) is 0 Å². The van der Waals surface area contributed by atoms with Crippen LogP contribution >= 0.6 is 7.92 Å². The second-order valence-corrected chi connectivity index (χ2v) is 7.75. The van der Waals surface area contributed by atoms with Crippen LogP contribution in [-0.2, 0) is 4.79 Å². The Bertz CT molecular complexity index is 545. The van der Waals surface area contributed by atoms with Gasteiger partial charge in [0.1, 0.15) is 0 Å². The Morgan fingerprint density at radius 1 is 0.950 bits per heavy atom. The molecule has 3 atom stereocenters. The Balaban J connectivity index is 2.07. The Labute approximate surface area is 121 Å². The molecule has 1 amide bonds. The van der Waals surface area contributed by atoms with E-state index < -0.39 is 7.92 Å². The van der Waals surface area contributed by atoms with Crippen LogP contribution in [0.25, 0.3) is 0 Å². The lowest BCUT2D eigenvalue weighted by Gasteiger charge is -2.26. The van der Waals surface area contributed by atoms with Gasteiger partial charge in [0.05, 0.1) is 11.4 Å². The molecular weight excluding hydrogens is 265 g/mol. The molecule has 2 aromatic rings. The summed E-state index contributed by atoms with van der Waals surface area (Å²) >= 11 is 0. The highest BCUT2D eigenvalue weighted by atomic mass is 31.1. The van der Waals surface area contributed by atoms with Gasteiger partial charge in [0.25, 0.3) is 0 Å². The smallest absolute Gasteiger partial charge is 0.230 e. The van der Waals surface area contributed by atoms with E-state index in [9.17, 15) is 4.79 Å². The van der Waals surface area contributed by atoms with Crippen molar-refractivity contribution in [3.8, 4) is 0 Å². The maximum Gasteiger partial charge on any atom is 0.230 e. The van der Waals surface area contributed by atoms with Gasteiger partial charge in [-0.2, -0.15) is 0 Å². The van der Waals surface area contributed by atoms with Crippen molar-refractivity contribution in [2.24, 2.45) is 0 Å². The number of carbonyl (C=O) groups excluding carboxylic acids is 1. The van der Waals surface area contributed by atoms with Gasteiger partial charge < -0.3 is 4.90 Å². The van der Waals surface area contributed by atoms with Gasteiger partial charge in [0.15, 0.2) is 0 Å². The first kappa shape index (κ1) is 13.3. The third kappa shape index (κ3) is 2.14. The number of hydrogen-bond donors (Lipinski definition) is 0. The SMILES string of the molecule is C[C@H]1C(=O)N(C)[C@H](c2ccccc2)[P@@]1c1ccccc1. The summed E-state index contributed by atoms with van der Waals surface area (Å²) in [6.45, 7) is 2.07. The Morgan fingerprint density at radius 3 is 2.10 bits per heavy atom. The minimum atomic E-state index is -0.543. The predicted octanol–water partition coefficient (Wildman–Crippen LogP) is 3.35. The summed E-state index contributed by atoms with van der Waals surface area (Å²) in [5.74, 6) is 0.449. The van der Waals surface area contributed by atoms with Gasteiger partial charge in [-0.25, -0.2) is 0 Å². The third-order valence-corrected chi connectivity index (χ3v) is 7.03. The highest BCUT2D eigenvalue weighted by Gasteiger charge is 2.44. The molecule has 1 heterocycles. The quantitative estimate of drug-likeness (QED) is 0.774. The Hall–Kier alpha value is -1.66. The molecule has 0 bridgehead atoms. The van der Waals surface area contributed by atoms with Gasteiger partial charge in [0, 0.05) is 7.05 Å². The van der Waals surface area contributed by atoms with Gasteiger partial charge in [-0.05, 0) is 25.7 Å². The van der Waals surface area contributed by atoms with Crippen molar-refractivity contribution in [3.05, 3.63) is 66.2 Å². The van der Waals surface area contributed by atoms with E-state index in [1.165, 1.54) is 10.9 Å². The van der Waals surface area contributed by atoms with Crippen LogP contribution in [0.15, 0.2) is 60.7 Å². The molecule has 3 rings (SSSR count). The summed E-state index contributed by atoms with van der Waals surface area (Å²) < 4.78 is 0. The van der Waals surface area contributed by atoms with Gasteiger partial charge in [-0.1, -0.05) is 60.7 Å². The fourth-order valence-electron chi connectivity index (χ4n) is 2.91. The van der Waals surface area contributed by atoms with Gasteiger partial charge in [0.2, 0.25) is 5.91 Å². The molecule has 102 valence electrons. The van der Waals surface area contributed by atoms with Crippen LogP contribution in [-0.4, -0.2) is 23.5 Å². The monoisotopic (exact) mass is 283 g/mol. The van der Waals surface area contributed by atoms with E-state index in [4.69, 9.17) is 0 Å². The lowest BCUT2D eigenvalue weighted by molar-refractivity contribution is -0.128. The largest absolute Gasteiger partial charge is 0.334 e. The summed E-state index contributed by atoms with van der Waals surface area (Å²) in [5, 5.41) is 1.31. The highest BCUT2D eigenvalue weighted by Crippen LogP contribution is 2.60. The van der Waals surface area contributed by atoms with Crippen molar-refractivity contribution < 1.29 is 4.79 Å². The number of amides is 1. The molecule has 0 spiro atoms. The van der Waals surface area contributed by atoms with Crippen LogP contribution in [0.2, 0.25) is 0 Å². The Morgan fingerprint density at radius 2 is 1.50 bits per heavy atom. The summed E-state index contributed by atoms with van der Waals surface area (Å²) in [5.41, 5.74) is 1.32. The topological polar surface area (TPSA) is 20.3 Å². The molecule has 1 fully saturated rings. The van der Waals surface area contributed by atoms with E-state index in [0.29, 0.717) is 0 Å². The first-order chi connectivity index (χ1) is 9.70. The zero-order valence-corrected chi connectivity index (χ0v) is 12.6. The number of carbonyl (C=O) groups is 1. The fourth-order valence-corrected chi connectivity index (χ4v) is 5.98. The molecular formula is C17H18NOP.